The van der Waals surface area contributed by atoms with Gasteiger partial charge in [-0.3, -0.25) is 9.63 Å². The SMILES string of the molecule is CC(=O)OC[C@]1(O)CCCC[C@H]1CON1C(C)(C)CCCC1(C)C. The lowest BCUT2D eigenvalue weighted by Gasteiger charge is -2.52. The van der Waals surface area contributed by atoms with Gasteiger partial charge in [0.2, 0.25) is 0 Å². The van der Waals surface area contributed by atoms with Gasteiger partial charge in [0.15, 0.2) is 0 Å². The van der Waals surface area contributed by atoms with Gasteiger partial charge in [-0.15, -0.1) is 0 Å². The molecule has 2 atom stereocenters. The second-order valence-corrected chi connectivity index (χ2v) is 8.90. The first kappa shape index (κ1) is 19.7. The maximum absolute atomic E-state index is 11.1. The molecule has 0 aromatic heterocycles. The normalized spacial score (nSPS) is 33.2. The van der Waals surface area contributed by atoms with Crippen LogP contribution in [0.15, 0.2) is 0 Å². The lowest BCUT2D eigenvalue weighted by molar-refractivity contribution is -0.295. The van der Waals surface area contributed by atoms with Crippen molar-refractivity contribution >= 4 is 5.97 Å². The third kappa shape index (κ3) is 4.50. The van der Waals surface area contributed by atoms with E-state index in [0.717, 1.165) is 32.1 Å². The summed E-state index contributed by atoms with van der Waals surface area (Å²) in [7, 11) is 0. The molecule has 0 radical (unpaired) electrons. The van der Waals surface area contributed by atoms with Crippen molar-refractivity contribution < 1.29 is 19.5 Å². The van der Waals surface area contributed by atoms with Crippen LogP contribution in [-0.2, 0) is 14.4 Å². The van der Waals surface area contributed by atoms with E-state index in [1.54, 1.807) is 0 Å². The number of nitrogens with zero attached hydrogens (tertiary/aromatic N) is 1. The molecule has 1 N–H and O–H groups in total. The van der Waals surface area contributed by atoms with Crippen LogP contribution in [0.1, 0.15) is 79.6 Å². The average Bonchev–Trinajstić information content (AvgIpc) is 2.45. The van der Waals surface area contributed by atoms with E-state index in [1.807, 2.05) is 0 Å². The van der Waals surface area contributed by atoms with Crippen LogP contribution in [0.5, 0.6) is 0 Å². The van der Waals surface area contributed by atoms with Crippen molar-refractivity contribution in [2.75, 3.05) is 13.2 Å². The number of piperidine rings is 1. The topological polar surface area (TPSA) is 59.0 Å². The predicted molar refractivity (Wildman–Crippen MR) is 93.3 cm³/mol. The highest BCUT2D eigenvalue weighted by atomic mass is 16.7. The van der Waals surface area contributed by atoms with E-state index >= 15 is 0 Å². The number of hydrogen-bond acceptors (Lipinski definition) is 5. The minimum absolute atomic E-state index is 0.000809. The second-order valence-electron chi connectivity index (χ2n) is 8.90. The largest absolute Gasteiger partial charge is 0.463 e. The molecule has 2 fully saturated rings. The number of carbonyl (C=O) groups is 1. The number of esters is 1. The van der Waals surface area contributed by atoms with Gasteiger partial charge in [0.25, 0.3) is 0 Å². The zero-order valence-electron chi connectivity index (χ0n) is 16.1. The second kappa shape index (κ2) is 7.30. The van der Waals surface area contributed by atoms with Crippen LogP contribution in [0, 0.1) is 5.92 Å². The van der Waals surface area contributed by atoms with Crippen molar-refractivity contribution in [1.29, 1.82) is 0 Å². The van der Waals surface area contributed by atoms with Crippen LogP contribution in [0.4, 0.5) is 0 Å². The highest BCUT2D eigenvalue weighted by Gasteiger charge is 2.45. The van der Waals surface area contributed by atoms with Crippen LogP contribution in [0.2, 0.25) is 0 Å². The third-order valence-electron chi connectivity index (χ3n) is 5.78. The molecule has 24 heavy (non-hydrogen) atoms. The maximum Gasteiger partial charge on any atom is 0.302 e. The van der Waals surface area contributed by atoms with Gasteiger partial charge in [-0.1, -0.05) is 12.8 Å². The lowest BCUT2D eigenvalue weighted by atomic mass is 9.76. The van der Waals surface area contributed by atoms with E-state index in [2.05, 4.69) is 32.8 Å². The zero-order chi connectivity index (χ0) is 18.0. The fourth-order valence-electron chi connectivity index (χ4n) is 4.44. The number of hydroxylamine groups is 2. The van der Waals surface area contributed by atoms with Crippen molar-refractivity contribution in [3.63, 3.8) is 0 Å². The molecule has 0 spiro atoms. The lowest BCUT2D eigenvalue weighted by Crippen LogP contribution is -2.59. The summed E-state index contributed by atoms with van der Waals surface area (Å²) in [6.45, 7) is 10.8. The Morgan fingerprint density at radius 2 is 1.71 bits per heavy atom. The Bertz CT molecular complexity index is 433. The zero-order valence-corrected chi connectivity index (χ0v) is 16.1. The summed E-state index contributed by atoms with van der Waals surface area (Å²) in [5.41, 5.74) is -0.983. The number of hydrogen-bond donors (Lipinski definition) is 1. The van der Waals surface area contributed by atoms with Gasteiger partial charge in [0, 0.05) is 23.9 Å². The van der Waals surface area contributed by atoms with Gasteiger partial charge in [-0.2, -0.15) is 5.06 Å². The molecular weight excluding hydrogens is 306 g/mol. The average molecular weight is 341 g/mol. The minimum atomic E-state index is -0.964. The number of carbonyl (C=O) groups excluding carboxylic acids is 1. The summed E-state index contributed by atoms with van der Waals surface area (Å²) in [5.74, 6) is -0.342. The summed E-state index contributed by atoms with van der Waals surface area (Å²) in [6.07, 6.45) is 7.06. The van der Waals surface area contributed by atoms with Gasteiger partial charge >= 0.3 is 5.97 Å². The van der Waals surface area contributed by atoms with E-state index in [-0.39, 0.29) is 29.6 Å². The van der Waals surface area contributed by atoms with Crippen molar-refractivity contribution in [2.24, 2.45) is 5.92 Å². The number of rotatable bonds is 5. The Balaban J connectivity index is 2.03. The van der Waals surface area contributed by atoms with Crippen molar-refractivity contribution in [3.8, 4) is 0 Å². The molecule has 1 aliphatic carbocycles. The Hall–Kier alpha value is -0.650. The highest BCUT2D eigenvalue weighted by Crippen LogP contribution is 2.40. The van der Waals surface area contributed by atoms with Gasteiger partial charge in [-0.25, -0.2) is 0 Å². The number of ether oxygens (including phenoxy) is 1. The number of aliphatic hydroxyl groups is 1. The first-order valence-electron chi connectivity index (χ1n) is 9.36. The first-order chi connectivity index (χ1) is 11.1. The van der Waals surface area contributed by atoms with Crippen LogP contribution in [-0.4, -0.2) is 46.0 Å². The van der Waals surface area contributed by atoms with E-state index in [9.17, 15) is 9.90 Å². The molecule has 0 aromatic carbocycles. The standard InChI is InChI=1S/C19H35NO4/c1-15(21)23-14-19(22)12-7-6-9-16(19)13-24-20-17(2,3)10-8-11-18(20,4)5/h16,22H,6-14H2,1-5H3/t16-,19+/m0/s1. The van der Waals surface area contributed by atoms with Crippen LogP contribution in [0.3, 0.4) is 0 Å². The van der Waals surface area contributed by atoms with Gasteiger partial charge in [0.1, 0.15) is 12.2 Å². The molecule has 1 aliphatic heterocycles. The quantitative estimate of drug-likeness (QED) is 0.776. The first-order valence-corrected chi connectivity index (χ1v) is 9.36. The summed E-state index contributed by atoms with van der Waals surface area (Å²) in [6, 6.07) is 0. The molecule has 0 aromatic rings. The van der Waals surface area contributed by atoms with Crippen LogP contribution >= 0.6 is 0 Å². The monoisotopic (exact) mass is 341 g/mol. The van der Waals surface area contributed by atoms with E-state index < -0.39 is 5.60 Å². The minimum Gasteiger partial charge on any atom is -0.463 e. The molecule has 2 aliphatic rings. The third-order valence-corrected chi connectivity index (χ3v) is 5.78. The van der Waals surface area contributed by atoms with Crippen LogP contribution < -0.4 is 0 Å². The fourth-order valence-corrected chi connectivity index (χ4v) is 4.44. The van der Waals surface area contributed by atoms with E-state index in [1.165, 1.54) is 13.3 Å². The van der Waals surface area contributed by atoms with Gasteiger partial charge in [-0.05, 0) is 59.8 Å². The Morgan fingerprint density at radius 3 is 2.29 bits per heavy atom. The smallest absolute Gasteiger partial charge is 0.302 e. The highest BCUT2D eigenvalue weighted by molar-refractivity contribution is 5.65. The molecule has 1 saturated heterocycles. The Morgan fingerprint density at radius 1 is 1.08 bits per heavy atom. The van der Waals surface area contributed by atoms with Crippen molar-refractivity contribution in [3.05, 3.63) is 0 Å². The molecule has 0 amide bonds. The molecule has 5 heteroatoms. The maximum atomic E-state index is 11.1. The van der Waals surface area contributed by atoms with Crippen molar-refractivity contribution in [2.45, 2.75) is 96.2 Å². The molecule has 0 bridgehead atoms. The van der Waals surface area contributed by atoms with E-state index in [4.69, 9.17) is 9.57 Å². The molecule has 1 heterocycles. The molecular formula is C19H35NO4. The van der Waals surface area contributed by atoms with Crippen molar-refractivity contribution in [1.82, 2.24) is 5.06 Å². The molecule has 2 rings (SSSR count). The summed E-state index contributed by atoms with van der Waals surface area (Å²) in [4.78, 5) is 17.4. The molecule has 5 nitrogen and oxygen atoms in total. The van der Waals surface area contributed by atoms with E-state index in [0.29, 0.717) is 13.0 Å². The van der Waals surface area contributed by atoms with Gasteiger partial charge in [0.05, 0.1) is 6.61 Å². The van der Waals surface area contributed by atoms with Crippen LogP contribution in [0.25, 0.3) is 0 Å². The molecule has 0 unspecified atom stereocenters. The summed E-state index contributed by atoms with van der Waals surface area (Å²) >= 11 is 0. The molecule has 1 saturated carbocycles. The summed E-state index contributed by atoms with van der Waals surface area (Å²) < 4.78 is 5.13. The molecule has 140 valence electrons. The predicted octanol–water partition coefficient (Wildman–Crippen LogP) is 3.45. The van der Waals surface area contributed by atoms with Gasteiger partial charge < -0.3 is 9.84 Å². The fraction of sp³-hybridized carbons (Fsp3) is 0.947. The summed E-state index contributed by atoms with van der Waals surface area (Å²) in [5, 5.41) is 13.1. The Kier molecular flexibility index (Phi) is 5.99. The Labute approximate surface area is 146 Å².